The molecule has 0 heterocycles. The number of halogens is 1. The Hall–Kier alpha value is -1.32. The zero-order valence-electron chi connectivity index (χ0n) is 10.5. The van der Waals surface area contributed by atoms with Crippen LogP contribution in [0.15, 0.2) is 46.9 Å². The molecule has 1 aliphatic rings. The fraction of sp³-hybridized carbons (Fsp3) is 0.250. The summed E-state index contributed by atoms with van der Waals surface area (Å²) in [5.74, 6) is 0.893. The molecule has 0 amide bonds. The van der Waals surface area contributed by atoms with Crippen LogP contribution in [0.3, 0.4) is 0 Å². The number of rotatable bonds is 3. The summed E-state index contributed by atoms with van der Waals surface area (Å²) in [6.07, 6.45) is 1.36. The van der Waals surface area contributed by atoms with Crippen molar-refractivity contribution in [2.24, 2.45) is 0 Å². The van der Waals surface area contributed by atoms with E-state index < -0.39 is 0 Å². The van der Waals surface area contributed by atoms with Crippen molar-refractivity contribution in [1.29, 1.82) is 0 Å². The number of aliphatic hydroxyl groups excluding tert-OH is 1. The molecule has 2 aromatic carbocycles. The van der Waals surface area contributed by atoms with Gasteiger partial charge in [-0.25, -0.2) is 0 Å². The largest absolute Gasteiger partial charge is 0.489 e. The van der Waals surface area contributed by atoms with Gasteiger partial charge < -0.3 is 9.84 Å². The van der Waals surface area contributed by atoms with Crippen molar-refractivity contribution in [3.8, 4) is 5.75 Å². The molecular formula is C16H15BrO2. The highest BCUT2D eigenvalue weighted by molar-refractivity contribution is 9.10. The standard InChI is InChI=1S/C16H15BrO2/c17-14-6-2-1-4-11(14)10-19-16-7-3-5-12-13(16)8-9-15(12)18/h1-7,15,18H,8-10H2. The van der Waals surface area contributed by atoms with Gasteiger partial charge in [-0.1, -0.05) is 46.3 Å². The predicted octanol–water partition coefficient (Wildman–Crippen LogP) is 4.01. The van der Waals surface area contributed by atoms with E-state index in [0.29, 0.717) is 6.61 Å². The Bertz CT molecular complexity index is 595. The van der Waals surface area contributed by atoms with Gasteiger partial charge in [-0.05, 0) is 30.5 Å². The van der Waals surface area contributed by atoms with Crippen molar-refractivity contribution in [2.75, 3.05) is 0 Å². The quantitative estimate of drug-likeness (QED) is 0.926. The van der Waals surface area contributed by atoms with Gasteiger partial charge in [0, 0.05) is 15.6 Å². The highest BCUT2D eigenvalue weighted by atomic mass is 79.9. The summed E-state index contributed by atoms with van der Waals surface area (Å²) in [6.45, 7) is 0.536. The van der Waals surface area contributed by atoms with E-state index in [9.17, 15) is 5.11 Å². The van der Waals surface area contributed by atoms with Crippen LogP contribution in [-0.2, 0) is 13.0 Å². The van der Waals surface area contributed by atoms with Crippen molar-refractivity contribution in [3.63, 3.8) is 0 Å². The topological polar surface area (TPSA) is 29.5 Å². The van der Waals surface area contributed by atoms with E-state index in [2.05, 4.69) is 15.9 Å². The van der Waals surface area contributed by atoms with Crippen LogP contribution in [0, 0.1) is 0 Å². The highest BCUT2D eigenvalue weighted by Gasteiger charge is 2.23. The third kappa shape index (κ3) is 2.53. The molecule has 0 fully saturated rings. The molecule has 0 bridgehead atoms. The van der Waals surface area contributed by atoms with Crippen molar-refractivity contribution in [2.45, 2.75) is 25.6 Å². The Balaban J connectivity index is 1.80. The Morgan fingerprint density at radius 3 is 2.84 bits per heavy atom. The van der Waals surface area contributed by atoms with Crippen LogP contribution in [0.2, 0.25) is 0 Å². The summed E-state index contributed by atoms with van der Waals surface area (Å²) in [5, 5.41) is 9.87. The molecule has 2 nitrogen and oxygen atoms in total. The molecule has 1 unspecified atom stereocenters. The van der Waals surface area contributed by atoms with Crippen LogP contribution in [0.5, 0.6) is 5.75 Å². The summed E-state index contributed by atoms with van der Waals surface area (Å²) in [6, 6.07) is 14.0. The summed E-state index contributed by atoms with van der Waals surface area (Å²) in [5.41, 5.74) is 3.30. The van der Waals surface area contributed by atoms with Crippen molar-refractivity contribution in [1.82, 2.24) is 0 Å². The maximum atomic E-state index is 9.87. The third-order valence-corrected chi connectivity index (χ3v) is 4.31. The van der Waals surface area contributed by atoms with Crippen molar-refractivity contribution >= 4 is 15.9 Å². The van der Waals surface area contributed by atoms with Gasteiger partial charge in [0.05, 0.1) is 6.10 Å². The summed E-state index contributed by atoms with van der Waals surface area (Å²) >= 11 is 3.52. The second-order valence-electron chi connectivity index (χ2n) is 4.76. The van der Waals surface area contributed by atoms with E-state index >= 15 is 0 Å². The lowest BCUT2D eigenvalue weighted by molar-refractivity contribution is 0.180. The Labute approximate surface area is 121 Å². The first-order valence-electron chi connectivity index (χ1n) is 6.42. The zero-order chi connectivity index (χ0) is 13.2. The monoisotopic (exact) mass is 318 g/mol. The fourth-order valence-electron chi connectivity index (χ4n) is 2.51. The Kier molecular flexibility index (Phi) is 3.58. The molecule has 0 saturated heterocycles. The third-order valence-electron chi connectivity index (χ3n) is 3.54. The lowest BCUT2D eigenvalue weighted by Gasteiger charge is -2.12. The van der Waals surface area contributed by atoms with Gasteiger partial charge in [0.2, 0.25) is 0 Å². The van der Waals surface area contributed by atoms with Gasteiger partial charge in [-0.3, -0.25) is 0 Å². The molecule has 0 aliphatic heterocycles. The minimum Gasteiger partial charge on any atom is -0.489 e. The van der Waals surface area contributed by atoms with E-state index in [0.717, 1.165) is 39.8 Å². The molecule has 0 aromatic heterocycles. The first kappa shape index (κ1) is 12.7. The lowest BCUT2D eigenvalue weighted by atomic mass is 10.1. The molecule has 3 heteroatoms. The van der Waals surface area contributed by atoms with Crippen molar-refractivity contribution in [3.05, 3.63) is 63.6 Å². The Morgan fingerprint density at radius 1 is 1.16 bits per heavy atom. The van der Waals surface area contributed by atoms with Gasteiger partial charge in [-0.2, -0.15) is 0 Å². The Morgan fingerprint density at radius 2 is 2.00 bits per heavy atom. The van der Waals surface area contributed by atoms with Crippen LogP contribution in [0.25, 0.3) is 0 Å². The van der Waals surface area contributed by atoms with E-state index in [4.69, 9.17) is 4.74 Å². The van der Waals surface area contributed by atoms with E-state index in [-0.39, 0.29) is 6.10 Å². The second kappa shape index (κ2) is 5.35. The smallest absolute Gasteiger partial charge is 0.123 e. The SMILES string of the molecule is OC1CCc2c(OCc3ccccc3Br)cccc21. The lowest BCUT2D eigenvalue weighted by Crippen LogP contribution is -1.99. The van der Waals surface area contributed by atoms with Gasteiger partial charge in [0.15, 0.2) is 0 Å². The molecule has 0 radical (unpaired) electrons. The summed E-state index contributed by atoms with van der Waals surface area (Å²) in [4.78, 5) is 0. The van der Waals surface area contributed by atoms with Gasteiger partial charge in [-0.15, -0.1) is 0 Å². The molecular weight excluding hydrogens is 304 g/mol. The number of aliphatic hydroxyl groups is 1. The highest BCUT2D eigenvalue weighted by Crippen LogP contribution is 2.37. The second-order valence-corrected chi connectivity index (χ2v) is 5.61. The van der Waals surface area contributed by atoms with Gasteiger partial charge in [0.25, 0.3) is 0 Å². The molecule has 0 saturated carbocycles. The minimum absolute atomic E-state index is 0.331. The predicted molar refractivity (Wildman–Crippen MR) is 78.2 cm³/mol. The van der Waals surface area contributed by atoms with E-state index in [1.165, 1.54) is 0 Å². The van der Waals surface area contributed by atoms with Crippen molar-refractivity contribution < 1.29 is 9.84 Å². The molecule has 98 valence electrons. The molecule has 2 aromatic rings. The molecule has 3 rings (SSSR count). The zero-order valence-corrected chi connectivity index (χ0v) is 12.1. The molecule has 1 N–H and O–H groups in total. The average molecular weight is 319 g/mol. The van der Waals surface area contributed by atoms with E-state index in [1.54, 1.807) is 0 Å². The first-order valence-corrected chi connectivity index (χ1v) is 7.21. The summed E-state index contributed by atoms with van der Waals surface area (Å²) in [7, 11) is 0. The average Bonchev–Trinajstić information content (AvgIpc) is 2.81. The van der Waals surface area contributed by atoms with Crippen LogP contribution >= 0.6 is 15.9 Å². The first-order chi connectivity index (χ1) is 9.25. The molecule has 19 heavy (non-hydrogen) atoms. The molecule has 1 aliphatic carbocycles. The van der Waals surface area contributed by atoms with Crippen LogP contribution in [-0.4, -0.2) is 5.11 Å². The minimum atomic E-state index is -0.331. The molecule has 1 atom stereocenters. The van der Waals surface area contributed by atoms with Crippen LogP contribution < -0.4 is 4.74 Å². The molecule has 0 spiro atoms. The maximum absolute atomic E-state index is 9.87. The number of fused-ring (bicyclic) bond motifs is 1. The number of hydrogen-bond donors (Lipinski definition) is 1. The van der Waals surface area contributed by atoms with Crippen LogP contribution in [0.4, 0.5) is 0 Å². The normalized spacial score (nSPS) is 17.3. The van der Waals surface area contributed by atoms with Crippen LogP contribution in [0.1, 0.15) is 29.2 Å². The number of ether oxygens (including phenoxy) is 1. The number of hydrogen-bond acceptors (Lipinski definition) is 2. The van der Waals surface area contributed by atoms with E-state index in [1.807, 2.05) is 42.5 Å². The number of benzene rings is 2. The van der Waals surface area contributed by atoms with Gasteiger partial charge in [0.1, 0.15) is 12.4 Å². The maximum Gasteiger partial charge on any atom is 0.123 e. The summed E-state index contributed by atoms with van der Waals surface area (Å²) < 4.78 is 6.98. The van der Waals surface area contributed by atoms with Gasteiger partial charge >= 0.3 is 0 Å². The fourth-order valence-corrected chi connectivity index (χ4v) is 2.90.